The molecule has 2 aliphatic heterocycles. The fourth-order valence-corrected chi connectivity index (χ4v) is 4.19. The lowest BCUT2D eigenvalue weighted by atomic mass is 9.66. The van der Waals surface area contributed by atoms with Crippen molar-refractivity contribution in [2.75, 3.05) is 26.2 Å². The molecule has 26 heavy (non-hydrogen) atoms. The molecule has 1 spiro atoms. The number of hydrogen-bond donors (Lipinski definition) is 4. The largest absolute Gasteiger partial charge is 0.359 e. The maximum absolute atomic E-state index is 13.9. The normalized spacial score (nSPS) is 21.5. The summed E-state index contributed by atoms with van der Waals surface area (Å²) in [4.78, 5) is 27.2. The van der Waals surface area contributed by atoms with Crippen LogP contribution in [0.3, 0.4) is 0 Å². The molecule has 1 atom stereocenters. The Bertz CT molecular complexity index is 877. The smallest absolute Gasteiger partial charge is 0.225 e. The number of benzene rings is 1. The van der Waals surface area contributed by atoms with Crippen LogP contribution in [0.2, 0.25) is 5.02 Å². The first-order chi connectivity index (χ1) is 12.5. The summed E-state index contributed by atoms with van der Waals surface area (Å²) in [5.41, 5.74) is 1.06. The van der Waals surface area contributed by atoms with Crippen molar-refractivity contribution in [2.24, 2.45) is 11.3 Å². The van der Waals surface area contributed by atoms with Crippen molar-refractivity contribution in [3.8, 4) is 0 Å². The van der Waals surface area contributed by atoms with Gasteiger partial charge in [-0.25, -0.2) is 4.39 Å². The van der Waals surface area contributed by atoms with Crippen molar-refractivity contribution >= 4 is 34.3 Å². The summed E-state index contributed by atoms with van der Waals surface area (Å²) in [7, 11) is 0. The molecule has 0 bridgehead atoms. The number of fused-ring (bicyclic) bond motifs is 1. The Hall–Kier alpha value is -2.12. The van der Waals surface area contributed by atoms with Gasteiger partial charge in [0.1, 0.15) is 5.82 Å². The summed E-state index contributed by atoms with van der Waals surface area (Å²) in [6.07, 6.45) is 2.70. The molecule has 4 rings (SSSR count). The van der Waals surface area contributed by atoms with Gasteiger partial charge in [-0.3, -0.25) is 9.59 Å². The maximum Gasteiger partial charge on any atom is 0.225 e. The van der Waals surface area contributed by atoms with Crippen LogP contribution in [-0.2, 0) is 16.0 Å². The molecule has 2 amide bonds. The highest BCUT2D eigenvalue weighted by Gasteiger charge is 2.51. The van der Waals surface area contributed by atoms with Crippen LogP contribution in [0.15, 0.2) is 18.3 Å². The van der Waals surface area contributed by atoms with E-state index >= 15 is 0 Å². The Morgan fingerprint density at radius 1 is 1.38 bits per heavy atom. The molecule has 6 nitrogen and oxygen atoms in total. The number of nitrogens with one attached hydrogen (secondary N) is 4. The minimum Gasteiger partial charge on any atom is -0.359 e. The van der Waals surface area contributed by atoms with E-state index in [0.717, 1.165) is 10.9 Å². The van der Waals surface area contributed by atoms with Gasteiger partial charge in [-0.1, -0.05) is 11.6 Å². The van der Waals surface area contributed by atoms with Crippen molar-refractivity contribution in [1.29, 1.82) is 0 Å². The number of H-pyrrole nitrogens is 1. The molecule has 2 aromatic rings. The topological polar surface area (TPSA) is 86.0 Å². The highest BCUT2D eigenvalue weighted by molar-refractivity contribution is 6.31. The Morgan fingerprint density at radius 3 is 2.92 bits per heavy atom. The number of carbonyl (C=O) groups excluding carboxylic acids is 2. The van der Waals surface area contributed by atoms with E-state index in [-0.39, 0.29) is 29.0 Å². The van der Waals surface area contributed by atoms with Crippen LogP contribution in [0.4, 0.5) is 4.39 Å². The number of hydrogen-bond acceptors (Lipinski definition) is 3. The first kappa shape index (κ1) is 17.3. The zero-order chi connectivity index (χ0) is 18.3. The Labute approximate surface area is 154 Å². The van der Waals surface area contributed by atoms with Crippen molar-refractivity contribution in [2.45, 2.75) is 12.8 Å². The lowest BCUT2D eigenvalue weighted by Crippen LogP contribution is -2.66. The second-order valence-electron chi connectivity index (χ2n) is 7.16. The third-order valence-corrected chi connectivity index (χ3v) is 5.73. The Kier molecular flexibility index (Phi) is 4.36. The van der Waals surface area contributed by atoms with E-state index in [1.54, 1.807) is 12.3 Å². The van der Waals surface area contributed by atoms with E-state index in [2.05, 4.69) is 20.9 Å². The molecule has 4 N–H and O–H groups in total. The van der Waals surface area contributed by atoms with E-state index in [4.69, 9.17) is 11.6 Å². The molecule has 2 aliphatic rings. The van der Waals surface area contributed by atoms with Gasteiger partial charge in [-0.2, -0.15) is 0 Å². The van der Waals surface area contributed by atoms with E-state index in [1.165, 1.54) is 6.07 Å². The van der Waals surface area contributed by atoms with Gasteiger partial charge in [0.15, 0.2) is 0 Å². The number of rotatable bonds is 4. The van der Waals surface area contributed by atoms with Gasteiger partial charge in [-0.05, 0) is 24.1 Å². The second-order valence-corrected chi connectivity index (χ2v) is 7.60. The average molecular weight is 379 g/mol. The quantitative estimate of drug-likeness (QED) is 0.647. The molecule has 2 saturated heterocycles. The van der Waals surface area contributed by atoms with Crippen molar-refractivity contribution in [1.82, 2.24) is 20.9 Å². The van der Waals surface area contributed by atoms with Crippen LogP contribution in [-0.4, -0.2) is 43.0 Å². The molecule has 1 aromatic carbocycles. The van der Waals surface area contributed by atoms with Crippen LogP contribution in [0.5, 0.6) is 0 Å². The lowest BCUT2D eigenvalue weighted by molar-refractivity contribution is -0.139. The number of halogens is 2. The number of aromatic nitrogens is 1. The van der Waals surface area contributed by atoms with Gasteiger partial charge in [0, 0.05) is 54.6 Å². The van der Waals surface area contributed by atoms with Crippen LogP contribution in [0, 0.1) is 17.2 Å². The van der Waals surface area contributed by atoms with Crippen LogP contribution in [0.1, 0.15) is 12.0 Å². The highest BCUT2D eigenvalue weighted by atomic mass is 35.5. The zero-order valence-corrected chi connectivity index (χ0v) is 14.9. The van der Waals surface area contributed by atoms with Crippen LogP contribution >= 0.6 is 11.6 Å². The van der Waals surface area contributed by atoms with E-state index in [0.29, 0.717) is 49.6 Å². The van der Waals surface area contributed by atoms with Crippen molar-refractivity contribution in [3.05, 3.63) is 34.7 Å². The van der Waals surface area contributed by atoms with E-state index < -0.39 is 0 Å². The molecule has 1 unspecified atom stereocenters. The minimum atomic E-state index is -0.389. The predicted molar refractivity (Wildman–Crippen MR) is 96.4 cm³/mol. The zero-order valence-electron chi connectivity index (χ0n) is 14.1. The second kappa shape index (κ2) is 6.55. The van der Waals surface area contributed by atoms with Crippen molar-refractivity contribution < 1.29 is 14.0 Å². The van der Waals surface area contributed by atoms with Gasteiger partial charge in [0.25, 0.3) is 0 Å². The molecular formula is C18H20ClFN4O2. The SMILES string of the molecule is O=C1CC2(CNC2)C(C(=O)NCCc2c[nH]c3c(F)cc(Cl)cc23)CN1. The number of amides is 2. The third-order valence-electron chi connectivity index (χ3n) is 5.51. The molecule has 0 saturated carbocycles. The van der Waals surface area contributed by atoms with E-state index in [9.17, 15) is 14.0 Å². The summed E-state index contributed by atoms with van der Waals surface area (Å²) in [5.74, 6) is -0.653. The molecule has 1 aromatic heterocycles. The van der Waals surface area contributed by atoms with Gasteiger partial charge < -0.3 is 20.9 Å². The van der Waals surface area contributed by atoms with Gasteiger partial charge in [-0.15, -0.1) is 0 Å². The molecule has 2 fully saturated rings. The summed E-state index contributed by atoms with van der Waals surface area (Å²) in [6.45, 7) is 2.20. The van der Waals surface area contributed by atoms with Crippen molar-refractivity contribution in [3.63, 3.8) is 0 Å². The van der Waals surface area contributed by atoms with Gasteiger partial charge in [0.05, 0.1) is 11.4 Å². The maximum atomic E-state index is 13.9. The average Bonchev–Trinajstić information content (AvgIpc) is 2.96. The Morgan fingerprint density at radius 2 is 2.19 bits per heavy atom. The molecular weight excluding hydrogens is 359 g/mol. The number of carbonyl (C=O) groups is 2. The fraction of sp³-hybridized carbons (Fsp3) is 0.444. The lowest BCUT2D eigenvalue weighted by Gasteiger charge is -2.49. The molecule has 0 radical (unpaired) electrons. The molecule has 3 heterocycles. The number of piperidine rings is 1. The summed E-state index contributed by atoms with van der Waals surface area (Å²) in [6, 6.07) is 2.99. The van der Waals surface area contributed by atoms with Gasteiger partial charge >= 0.3 is 0 Å². The predicted octanol–water partition coefficient (Wildman–Crippen LogP) is 1.34. The fourth-order valence-electron chi connectivity index (χ4n) is 3.99. The highest BCUT2D eigenvalue weighted by Crippen LogP contribution is 2.38. The summed E-state index contributed by atoms with van der Waals surface area (Å²) < 4.78 is 13.9. The summed E-state index contributed by atoms with van der Waals surface area (Å²) in [5, 5.41) is 10.0. The molecule has 0 aliphatic carbocycles. The van der Waals surface area contributed by atoms with Crippen LogP contribution < -0.4 is 16.0 Å². The molecule has 138 valence electrons. The first-order valence-electron chi connectivity index (χ1n) is 8.69. The monoisotopic (exact) mass is 378 g/mol. The third kappa shape index (κ3) is 2.95. The van der Waals surface area contributed by atoms with E-state index in [1.807, 2.05) is 0 Å². The first-order valence-corrected chi connectivity index (χ1v) is 9.06. The standard InChI is InChI=1S/C18H20ClFN4O2/c19-11-3-12-10(6-24-16(12)14(20)4-11)1-2-22-17(26)13-7-23-15(25)5-18(13)8-21-9-18/h3-4,6,13,21,24H,1-2,5,7-9H2,(H,22,26)(H,23,25). The van der Waals surface area contributed by atoms with Gasteiger partial charge in [0.2, 0.25) is 11.8 Å². The Balaban J connectivity index is 1.40. The summed E-state index contributed by atoms with van der Waals surface area (Å²) >= 11 is 5.94. The number of aromatic amines is 1. The molecule has 8 heteroatoms. The minimum absolute atomic E-state index is 0.00764. The van der Waals surface area contributed by atoms with Crippen LogP contribution in [0.25, 0.3) is 10.9 Å².